The Labute approximate surface area is 197 Å². The zero-order chi connectivity index (χ0) is 24.1. The molecule has 33 heavy (non-hydrogen) atoms. The van der Waals surface area contributed by atoms with Gasteiger partial charge in [-0.3, -0.25) is 9.59 Å². The first-order valence-electron chi connectivity index (χ1n) is 13.0. The van der Waals surface area contributed by atoms with Gasteiger partial charge in [-0.2, -0.15) is 0 Å². The van der Waals surface area contributed by atoms with E-state index in [1.165, 1.54) is 0 Å². The van der Waals surface area contributed by atoms with E-state index in [4.69, 9.17) is 5.11 Å². The van der Waals surface area contributed by atoms with E-state index in [1.54, 1.807) is 0 Å². The summed E-state index contributed by atoms with van der Waals surface area (Å²) in [5.41, 5.74) is -0.214. The monoisotopic (exact) mass is 465 g/mol. The van der Waals surface area contributed by atoms with Crippen LogP contribution in [0, 0.1) is 46.3 Å². The van der Waals surface area contributed by atoms with Crippen molar-refractivity contribution in [2.75, 3.05) is 6.54 Å². The smallest absolute Gasteiger partial charge is 0.322 e. The molecule has 0 spiro atoms. The molecule has 4 aliphatic rings. The largest absolute Gasteiger partial charge is 0.480 e. The number of aliphatic hydroxyl groups is 3. The van der Waals surface area contributed by atoms with Crippen LogP contribution in [-0.4, -0.2) is 57.2 Å². The highest BCUT2D eigenvalue weighted by molar-refractivity contribution is 5.81. The number of carboxylic acid groups (broad SMARTS) is 1. The molecule has 4 fully saturated rings. The summed E-state index contributed by atoms with van der Waals surface area (Å²) in [6, 6.07) is 0. The Bertz CT molecular complexity index is 759. The topological polar surface area (TPSA) is 127 Å². The molecule has 0 saturated heterocycles. The zero-order valence-corrected chi connectivity index (χ0v) is 20.4. The van der Waals surface area contributed by atoms with Gasteiger partial charge in [0.15, 0.2) is 0 Å². The van der Waals surface area contributed by atoms with Gasteiger partial charge in [0.05, 0.1) is 18.3 Å². The first-order valence-corrected chi connectivity index (χ1v) is 13.0. The van der Waals surface area contributed by atoms with Crippen LogP contribution in [0.1, 0.15) is 78.6 Å². The molecular weight excluding hydrogens is 422 g/mol. The van der Waals surface area contributed by atoms with Crippen molar-refractivity contribution >= 4 is 11.9 Å². The van der Waals surface area contributed by atoms with Gasteiger partial charge in [0.2, 0.25) is 5.91 Å². The van der Waals surface area contributed by atoms with Crippen molar-refractivity contribution in [2.24, 2.45) is 46.3 Å². The molecule has 4 rings (SSSR count). The Morgan fingerprint density at radius 3 is 2.45 bits per heavy atom. The van der Waals surface area contributed by atoms with E-state index in [-0.39, 0.29) is 65.1 Å². The minimum absolute atomic E-state index is 0.0668. The molecule has 7 heteroatoms. The summed E-state index contributed by atoms with van der Waals surface area (Å²) in [5.74, 6) is 0.265. The number of nitrogens with one attached hydrogen (secondary N) is 1. The molecule has 0 heterocycles. The number of fused-ring (bicyclic) bond motifs is 5. The molecule has 0 aromatic heterocycles. The van der Waals surface area contributed by atoms with Crippen LogP contribution in [0.15, 0.2) is 0 Å². The predicted molar refractivity (Wildman–Crippen MR) is 123 cm³/mol. The van der Waals surface area contributed by atoms with Crippen molar-refractivity contribution in [1.29, 1.82) is 0 Å². The van der Waals surface area contributed by atoms with Crippen molar-refractivity contribution in [3.63, 3.8) is 0 Å². The van der Waals surface area contributed by atoms with Gasteiger partial charge in [-0.05, 0) is 97.7 Å². The molecule has 1 amide bonds. The molecule has 0 aromatic carbocycles. The van der Waals surface area contributed by atoms with Crippen LogP contribution in [0.4, 0.5) is 0 Å². The maximum absolute atomic E-state index is 12.0. The lowest BCUT2D eigenvalue weighted by Gasteiger charge is -2.63. The van der Waals surface area contributed by atoms with Crippen LogP contribution in [0.25, 0.3) is 0 Å². The number of carbonyl (C=O) groups is 2. The van der Waals surface area contributed by atoms with Crippen LogP contribution in [-0.2, 0) is 9.59 Å². The zero-order valence-electron chi connectivity index (χ0n) is 20.4. The van der Waals surface area contributed by atoms with Crippen molar-refractivity contribution in [3.05, 3.63) is 0 Å². The van der Waals surface area contributed by atoms with Gasteiger partial charge in [0.25, 0.3) is 0 Å². The Kier molecular flexibility index (Phi) is 6.89. The van der Waals surface area contributed by atoms with Gasteiger partial charge in [0.1, 0.15) is 6.54 Å². The van der Waals surface area contributed by atoms with Crippen molar-refractivity contribution in [3.8, 4) is 0 Å². The lowest BCUT2D eigenvalue weighted by Crippen LogP contribution is -2.62. The molecule has 4 aliphatic carbocycles. The van der Waals surface area contributed by atoms with Gasteiger partial charge in [-0.15, -0.1) is 0 Å². The molecule has 0 aromatic rings. The molecule has 0 bridgehead atoms. The fraction of sp³-hybridized carbons (Fsp3) is 0.923. The van der Waals surface area contributed by atoms with Gasteiger partial charge in [-0.25, -0.2) is 0 Å². The normalized spacial score (nSPS) is 47.7. The van der Waals surface area contributed by atoms with Crippen LogP contribution in [0.5, 0.6) is 0 Å². The van der Waals surface area contributed by atoms with E-state index in [2.05, 4.69) is 26.1 Å². The number of hydrogen-bond donors (Lipinski definition) is 5. The standard InChI is InChI=1S/C26H43NO6/c1-14(4-7-22(31)27-13-23(32)33)17-5-6-18-24-19(12-21(30)26(17,18)3)25(2)9-8-16(28)10-15(25)11-20(24)29/h14-21,24,28-30H,4-13H2,1-3H3,(H,27,31)(H,32,33)/t14-,15+,16-,17-,18?,19+,20-,21+,24?,25+,26-/m1/s1. The molecule has 5 N–H and O–H groups in total. The highest BCUT2D eigenvalue weighted by atomic mass is 16.4. The second-order valence-corrected chi connectivity index (χ2v) is 12.2. The number of hydrogen-bond acceptors (Lipinski definition) is 5. The van der Waals surface area contributed by atoms with E-state index in [0.717, 1.165) is 38.5 Å². The number of rotatable bonds is 6. The Morgan fingerprint density at radius 1 is 1.03 bits per heavy atom. The number of carboxylic acids is 1. The number of aliphatic carboxylic acids is 1. The van der Waals surface area contributed by atoms with Crippen LogP contribution in [0.3, 0.4) is 0 Å². The van der Waals surface area contributed by atoms with Crippen LogP contribution < -0.4 is 5.32 Å². The quantitative estimate of drug-likeness (QED) is 0.410. The molecule has 7 nitrogen and oxygen atoms in total. The third kappa shape index (κ3) is 4.23. The summed E-state index contributed by atoms with van der Waals surface area (Å²) >= 11 is 0. The molecule has 2 unspecified atom stereocenters. The second-order valence-electron chi connectivity index (χ2n) is 12.2. The van der Waals surface area contributed by atoms with Gasteiger partial charge in [-0.1, -0.05) is 20.8 Å². The molecule has 0 radical (unpaired) electrons. The summed E-state index contributed by atoms with van der Waals surface area (Å²) in [5, 5.41) is 44.4. The number of amides is 1. The fourth-order valence-electron chi connectivity index (χ4n) is 8.95. The van der Waals surface area contributed by atoms with Gasteiger partial charge < -0.3 is 25.7 Å². The van der Waals surface area contributed by atoms with E-state index < -0.39 is 12.1 Å². The third-order valence-electron chi connectivity index (χ3n) is 10.8. The third-order valence-corrected chi connectivity index (χ3v) is 10.8. The predicted octanol–water partition coefficient (Wildman–Crippen LogP) is 2.56. The number of aliphatic hydroxyl groups excluding tert-OH is 3. The minimum Gasteiger partial charge on any atom is -0.480 e. The van der Waals surface area contributed by atoms with Crippen LogP contribution in [0.2, 0.25) is 0 Å². The Balaban J connectivity index is 1.49. The van der Waals surface area contributed by atoms with Gasteiger partial charge >= 0.3 is 5.97 Å². The number of carbonyl (C=O) groups excluding carboxylic acids is 1. The Hall–Kier alpha value is -1.18. The van der Waals surface area contributed by atoms with E-state index in [9.17, 15) is 24.9 Å². The average Bonchev–Trinajstić information content (AvgIpc) is 3.11. The highest BCUT2D eigenvalue weighted by Gasteiger charge is 2.65. The van der Waals surface area contributed by atoms with E-state index in [0.29, 0.717) is 25.2 Å². The lowest BCUT2D eigenvalue weighted by atomic mass is 9.43. The summed E-state index contributed by atoms with van der Waals surface area (Å²) in [6.45, 7) is 6.35. The molecule has 0 aliphatic heterocycles. The van der Waals surface area contributed by atoms with Gasteiger partial charge in [0, 0.05) is 6.42 Å². The Morgan fingerprint density at radius 2 is 1.76 bits per heavy atom. The maximum atomic E-state index is 12.0. The van der Waals surface area contributed by atoms with Crippen molar-refractivity contribution in [1.82, 2.24) is 5.32 Å². The van der Waals surface area contributed by atoms with E-state index in [1.807, 2.05) is 0 Å². The maximum Gasteiger partial charge on any atom is 0.322 e. The highest BCUT2D eigenvalue weighted by Crippen LogP contribution is 2.68. The lowest BCUT2D eigenvalue weighted by molar-refractivity contribution is -0.207. The first kappa shape index (κ1) is 24.9. The second kappa shape index (κ2) is 9.12. The molecular formula is C26H43NO6. The summed E-state index contributed by atoms with van der Waals surface area (Å²) < 4.78 is 0. The minimum atomic E-state index is -1.04. The molecule has 188 valence electrons. The molecule has 11 atom stereocenters. The van der Waals surface area contributed by atoms with Crippen molar-refractivity contribution in [2.45, 2.75) is 96.9 Å². The average molecular weight is 466 g/mol. The van der Waals surface area contributed by atoms with E-state index >= 15 is 0 Å². The fourth-order valence-corrected chi connectivity index (χ4v) is 8.95. The van der Waals surface area contributed by atoms with Crippen LogP contribution >= 0.6 is 0 Å². The summed E-state index contributed by atoms with van der Waals surface area (Å²) in [7, 11) is 0. The summed E-state index contributed by atoms with van der Waals surface area (Å²) in [6.07, 6.45) is 5.86. The SMILES string of the molecule is C[C@H](CCC(=O)NCC(=O)O)[C@H]1CCC2C3[C@H](O)C[C@@H]4C[C@H](O)CC[C@]4(C)[C@H]3C[C@H](O)[C@@]21C. The molecule has 4 saturated carbocycles. The van der Waals surface area contributed by atoms with Crippen molar-refractivity contribution < 1.29 is 30.0 Å². The first-order chi connectivity index (χ1) is 15.5. The summed E-state index contributed by atoms with van der Waals surface area (Å²) in [4.78, 5) is 22.7.